The third-order valence-electron chi connectivity index (χ3n) is 6.17. The smallest absolute Gasteiger partial charge is 0.261 e. The van der Waals surface area contributed by atoms with Gasteiger partial charge in [0.1, 0.15) is 0 Å². The van der Waals surface area contributed by atoms with Gasteiger partial charge in [0.05, 0.1) is 28.9 Å². The highest BCUT2D eigenvalue weighted by molar-refractivity contribution is 5.83. The fourth-order valence-corrected chi connectivity index (χ4v) is 4.39. The van der Waals surface area contributed by atoms with Crippen molar-refractivity contribution in [2.24, 2.45) is 0 Å². The van der Waals surface area contributed by atoms with Crippen LogP contribution >= 0.6 is 0 Å². The van der Waals surface area contributed by atoms with Crippen molar-refractivity contribution >= 4 is 10.9 Å². The van der Waals surface area contributed by atoms with Crippen molar-refractivity contribution in [1.29, 1.82) is 5.26 Å². The summed E-state index contributed by atoms with van der Waals surface area (Å²) in [7, 11) is 0. The molecule has 28 heavy (non-hydrogen) atoms. The molecule has 0 bridgehead atoms. The fraction of sp³-hybridized carbons (Fsp3) is 0.375. The van der Waals surface area contributed by atoms with E-state index in [4.69, 9.17) is 5.26 Å². The average molecular weight is 371 g/mol. The zero-order valence-electron chi connectivity index (χ0n) is 16.5. The fourth-order valence-electron chi connectivity index (χ4n) is 4.39. The molecule has 4 rings (SSSR count). The maximum atomic E-state index is 13.3. The Morgan fingerprint density at radius 2 is 1.93 bits per heavy atom. The highest BCUT2D eigenvalue weighted by Gasteiger charge is 2.19. The van der Waals surface area contributed by atoms with E-state index in [1.807, 2.05) is 41.8 Å². The Bertz CT molecular complexity index is 1130. The number of nitriles is 1. The van der Waals surface area contributed by atoms with Crippen LogP contribution in [0.3, 0.4) is 0 Å². The molecule has 1 aliphatic rings. The number of aryl methyl sites for hydroxylation is 1. The highest BCUT2D eigenvalue weighted by atomic mass is 16.1. The van der Waals surface area contributed by atoms with Gasteiger partial charge in [-0.3, -0.25) is 9.36 Å². The maximum Gasteiger partial charge on any atom is 0.261 e. The van der Waals surface area contributed by atoms with Crippen LogP contribution in [-0.4, -0.2) is 9.55 Å². The van der Waals surface area contributed by atoms with Crippen LogP contribution in [0, 0.1) is 25.2 Å². The van der Waals surface area contributed by atoms with Gasteiger partial charge in [-0.05, 0) is 73.6 Å². The minimum atomic E-state index is 0.0759. The molecule has 4 heteroatoms. The second-order valence-electron chi connectivity index (χ2n) is 7.92. The first kappa shape index (κ1) is 18.4. The molecule has 2 aromatic carbocycles. The van der Waals surface area contributed by atoms with Crippen LogP contribution in [0.25, 0.3) is 10.9 Å². The molecule has 0 aliphatic heterocycles. The first-order chi connectivity index (χ1) is 13.6. The number of fused-ring (bicyclic) bond motifs is 1. The molecule has 0 amide bonds. The molecule has 0 N–H and O–H groups in total. The van der Waals surface area contributed by atoms with Crippen LogP contribution in [-0.2, 0) is 6.42 Å². The Hall–Kier alpha value is -2.93. The van der Waals surface area contributed by atoms with Crippen LogP contribution in [0.2, 0.25) is 0 Å². The lowest BCUT2D eigenvalue weighted by Gasteiger charge is -2.24. The van der Waals surface area contributed by atoms with Crippen LogP contribution in [0.5, 0.6) is 0 Å². The van der Waals surface area contributed by atoms with Gasteiger partial charge in [-0.1, -0.05) is 31.4 Å². The molecule has 1 heterocycles. The molecule has 0 radical (unpaired) electrons. The lowest BCUT2D eigenvalue weighted by atomic mass is 9.93. The third kappa shape index (κ3) is 3.33. The maximum absolute atomic E-state index is 13.3. The summed E-state index contributed by atoms with van der Waals surface area (Å²) < 4.78 is 1.86. The Labute approximate surface area is 165 Å². The minimum Gasteiger partial charge on any atom is -0.296 e. The SMILES string of the molecule is Cc1c(Cc2cccc(C#N)c2)cc2c(=O)n(C3CCCCC3)cnc2c1C. The number of rotatable bonds is 3. The van der Waals surface area contributed by atoms with Gasteiger partial charge in [0.2, 0.25) is 0 Å². The van der Waals surface area contributed by atoms with E-state index >= 15 is 0 Å². The second kappa shape index (κ2) is 7.59. The molecule has 0 unspecified atom stereocenters. The summed E-state index contributed by atoms with van der Waals surface area (Å²) in [5, 5.41) is 9.87. The second-order valence-corrected chi connectivity index (χ2v) is 7.92. The Balaban J connectivity index is 1.81. The monoisotopic (exact) mass is 371 g/mol. The topological polar surface area (TPSA) is 58.7 Å². The van der Waals surface area contributed by atoms with Gasteiger partial charge in [0.25, 0.3) is 5.56 Å². The number of aromatic nitrogens is 2. The molecule has 4 nitrogen and oxygen atoms in total. The lowest BCUT2D eigenvalue weighted by molar-refractivity contribution is 0.345. The summed E-state index contributed by atoms with van der Waals surface area (Å²) in [5.74, 6) is 0. The van der Waals surface area contributed by atoms with E-state index in [0.717, 1.165) is 40.6 Å². The van der Waals surface area contributed by atoms with E-state index in [9.17, 15) is 4.79 Å². The summed E-state index contributed by atoms with van der Waals surface area (Å²) in [6, 6.07) is 12.2. The zero-order chi connectivity index (χ0) is 19.7. The lowest BCUT2D eigenvalue weighted by Crippen LogP contribution is -2.27. The molecule has 1 aromatic heterocycles. The molecule has 0 saturated heterocycles. The van der Waals surface area contributed by atoms with Crippen molar-refractivity contribution in [2.75, 3.05) is 0 Å². The predicted octanol–water partition coefficient (Wildman–Crippen LogP) is 4.98. The van der Waals surface area contributed by atoms with Crippen LogP contribution < -0.4 is 5.56 Å². The first-order valence-electron chi connectivity index (χ1n) is 10.1. The normalized spacial score (nSPS) is 14.9. The largest absolute Gasteiger partial charge is 0.296 e. The molecule has 0 spiro atoms. The first-order valence-corrected chi connectivity index (χ1v) is 10.1. The summed E-state index contributed by atoms with van der Waals surface area (Å²) in [6.07, 6.45) is 8.21. The Kier molecular flexibility index (Phi) is 5.00. The van der Waals surface area contributed by atoms with E-state index in [-0.39, 0.29) is 11.6 Å². The molecule has 1 fully saturated rings. The van der Waals surface area contributed by atoms with Crippen molar-refractivity contribution in [1.82, 2.24) is 9.55 Å². The number of nitrogens with zero attached hydrogens (tertiary/aromatic N) is 3. The summed E-state index contributed by atoms with van der Waals surface area (Å²) in [5.41, 5.74) is 5.98. The highest BCUT2D eigenvalue weighted by Crippen LogP contribution is 2.28. The van der Waals surface area contributed by atoms with E-state index in [2.05, 4.69) is 18.0 Å². The Morgan fingerprint density at radius 3 is 2.68 bits per heavy atom. The standard InChI is InChI=1S/C24H25N3O/c1-16-17(2)23-22(13-20(16)12-18-7-6-8-19(11-18)14-25)24(28)27(15-26-23)21-9-4-3-5-10-21/h6-8,11,13,15,21H,3-5,9-10,12H2,1-2H3. The summed E-state index contributed by atoms with van der Waals surface area (Å²) >= 11 is 0. The summed E-state index contributed by atoms with van der Waals surface area (Å²) in [6.45, 7) is 4.14. The van der Waals surface area contributed by atoms with Crippen molar-refractivity contribution in [2.45, 2.75) is 58.4 Å². The molecule has 0 atom stereocenters. The average Bonchev–Trinajstić information content (AvgIpc) is 2.73. The van der Waals surface area contributed by atoms with E-state index in [1.165, 1.54) is 19.3 Å². The molecule has 1 aliphatic carbocycles. The zero-order valence-corrected chi connectivity index (χ0v) is 16.5. The van der Waals surface area contributed by atoms with E-state index < -0.39 is 0 Å². The molecule has 3 aromatic rings. The molecule has 1 saturated carbocycles. The number of hydrogen-bond acceptors (Lipinski definition) is 3. The Morgan fingerprint density at radius 1 is 1.14 bits per heavy atom. The predicted molar refractivity (Wildman–Crippen MR) is 112 cm³/mol. The van der Waals surface area contributed by atoms with Crippen LogP contribution in [0.4, 0.5) is 0 Å². The van der Waals surface area contributed by atoms with Gasteiger partial charge < -0.3 is 0 Å². The molecular weight excluding hydrogens is 346 g/mol. The van der Waals surface area contributed by atoms with Gasteiger partial charge in [0, 0.05) is 6.04 Å². The van der Waals surface area contributed by atoms with Gasteiger partial charge in [-0.15, -0.1) is 0 Å². The van der Waals surface area contributed by atoms with Gasteiger partial charge >= 0.3 is 0 Å². The van der Waals surface area contributed by atoms with Crippen molar-refractivity contribution < 1.29 is 0 Å². The molecule has 142 valence electrons. The summed E-state index contributed by atoms with van der Waals surface area (Å²) in [4.78, 5) is 17.9. The van der Waals surface area contributed by atoms with Crippen molar-refractivity contribution in [3.63, 3.8) is 0 Å². The minimum absolute atomic E-state index is 0.0759. The quantitative estimate of drug-likeness (QED) is 0.652. The van der Waals surface area contributed by atoms with E-state index in [1.54, 1.807) is 6.33 Å². The van der Waals surface area contributed by atoms with E-state index in [0.29, 0.717) is 17.4 Å². The number of hydrogen-bond donors (Lipinski definition) is 0. The van der Waals surface area contributed by atoms with Crippen molar-refractivity contribution in [3.05, 3.63) is 74.8 Å². The van der Waals surface area contributed by atoms with Gasteiger partial charge in [-0.25, -0.2) is 4.98 Å². The van der Waals surface area contributed by atoms with Crippen LogP contribution in [0.1, 0.15) is 66.0 Å². The third-order valence-corrected chi connectivity index (χ3v) is 6.17. The van der Waals surface area contributed by atoms with Gasteiger partial charge in [0.15, 0.2) is 0 Å². The van der Waals surface area contributed by atoms with Crippen LogP contribution in [0.15, 0.2) is 41.5 Å². The molecular formula is C24H25N3O. The van der Waals surface area contributed by atoms with Crippen molar-refractivity contribution in [3.8, 4) is 6.07 Å². The number of benzene rings is 2. The van der Waals surface area contributed by atoms with Gasteiger partial charge in [-0.2, -0.15) is 5.26 Å².